The first-order valence-corrected chi connectivity index (χ1v) is 8.82. The molecule has 0 aliphatic rings. The predicted octanol–water partition coefficient (Wildman–Crippen LogP) is 4.66. The van der Waals surface area contributed by atoms with Gasteiger partial charge in [0.25, 0.3) is 0 Å². The molecule has 6 nitrogen and oxygen atoms in total. The molecule has 0 bridgehead atoms. The van der Waals surface area contributed by atoms with Crippen LogP contribution in [-0.2, 0) is 6.42 Å². The summed E-state index contributed by atoms with van der Waals surface area (Å²) in [6.45, 7) is 2.12. The zero-order valence-corrected chi connectivity index (χ0v) is 15.0. The van der Waals surface area contributed by atoms with Gasteiger partial charge in [0.05, 0.1) is 11.2 Å². The van der Waals surface area contributed by atoms with E-state index in [1.54, 1.807) is 6.20 Å². The smallest absolute Gasteiger partial charge is 0.159 e. The van der Waals surface area contributed by atoms with Crippen LogP contribution in [0.3, 0.4) is 0 Å². The Balaban J connectivity index is 1.68. The standard InChI is InChI=1S/C21H20N6/c1-2-14-7-3-4-10-16(14)26-20-18(22)21(25-13-24-20)27-17-11-5-8-15-9-6-12-23-19(15)17/h3-13H,2,22H2,1H3,(H2,24,25,26,27). The van der Waals surface area contributed by atoms with Crippen molar-refractivity contribution in [3.8, 4) is 0 Å². The van der Waals surface area contributed by atoms with Crippen LogP contribution in [0.15, 0.2) is 67.1 Å². The molecular weight excluding hydrogens is 336 g/mol. The van der Waals surface area contributed by atoms with Crippen LogP contribution < -0.4 is 16.4 Å². The number of hydrogen-bond donors (Lipinski definition) is 3. The molecule has 134 valence electrons. The lowest BCUT2D eigenvalue weighted by Crippen LogP contribution is -2.06. The summed E-state index contributed by atoms with van der Waals surface area (Å²) >= 11 is 0. The van der Waals surface area contributed by atoms with E-state index in [9.17, 15) is 0 Å². The monoisotopic (exact) mass is 356 g/mol. The van der Waals surface area contributed by atoms with Crippen LogP contribution in [0.1, 0.15) is 12.5 Å². The minimum absolute atomic E-state index is 0.455. The van der Waals surface area contributed by atoms with E-state index in [1.165, 1.54) is 11.9 Å². The van der Waals surface area contributed by atoms with Crippen molar-refractivity contribution >= 4 is 39.6 Å². The fourth-order valence-electron chi connectivity index (χ4n) is 3.01. The first-order chi connectivity index (χ1) is 13.3. The second-order valence-corrected chi connectivity index (χ2v) is 6.13. The molecule has 0 radical (unpaired) electrons. The van der Waals surface area contributed by atoms with E-state index in [0.717, 1.165) is 28.7 Å². The van der Waals surface area contributed by atoms with E-state index in [1.807, 2.05) is 48.5 Å². The van der Waals surface area contributed by atoms with Gasteiger partial charge in [0.15, 0.2) is 11.6 Å². The first-order valence-electron chi connectivity index (χ1n) is 8.82. The number of benzene rings is 2. The Hall–Kier alpha value is -3.67. The second kappa shape index (κ2) is 7.29. The van der Waals surface area contributed by atoms with Gasteiger partial charge in [-0.2, -0.15) is 0 Å². The number of nitrogen functional groups attached to an aromatic ring is 1. The number of nitrogens with zero attached hydrogens (tertiary/aromatic N) is 3. The summed E-state index contributed by atoms with van der Waals surface area (Å²) in [6, 6.07) is 18.0. The maximum atomic E-state index is 6.34. The fraction of sp³-hybridized carbons (Fsp3) is 0.0952. The Bertz CT molecular complexity index is 1090. The predicted molar refractivity (Wildman–Crippen MR) is 111 cm³/mol. The number of aromatic nitrogens is 3. The highest BCUT2D eigenvalue weighted by Crippen LogP contribution is 2.31. The van der Waals surface area contributed by atoms with Gasteiger partial charge in [-0.05, 0) is 30.2 Å². The third-order valence-electron chi connectivity index (χ3n) is 4.42. The van der Waals surface area contributed by atoms with Gasteiger partial charge in [0, 0.05) is 17.3 Å². The molecule has 0 saturated heterocycles. The Morgan fingerprint density at radius 2 is 1.52 bits per heavy atom. The van der Waals surface area contributed by atoms with Gasteiger partial charge in [-0.3, -0.25) is 4.98 Å². The topological polar surface area (TPSA) is 88.8 Å². The van der Waals surface area contributed by atoms with Gasteiger partial charge in [0.1, 0.15) is 12.0 Å². The van der Waals surface area contributed by atoms with Crippen LogP contribution in [0, 0.1) is 0 Å². The molecule has 0 unspecified atom stereocenters. The summed E-state index contributed by atoms with van der Waals surface area (Å²) in [5.74, 6) is 1.11. The fourth-order valence-corrected chi connectivity index (χ4v) is 3.01. The second-order valence-electron chi connectivity index (χ2n) is 6.13. The number of aryl methyl sites for hydroxylation is 1. The average molecular weight is 356 g/mol. The van der Waals surface area contributed by atoms with Crippen LogP contribution >= 0.6 is 0 Å². The Kier molecular flexibility index (Phi) is 4.53. The van der Waals surface area contributed by atoms with Crippen molar-refractivity contribution in [2.24, 2.45) is 0 Å². The summed E-state index contributed by atoms with van der Waals surface area (Å²) in [7, 11) is 0. The van der Waals surface area contributed by atoms with E-state index in [-0.39, 0.29) is 0 Å². The summed E-state index contributed by atoms with van der Waals surface area (Å²) in [4.78, 5) is 13.1. The maximum absolute atomic E-state index is 6.34. The van der Waals surface area contributed by atoms with Crippen molar-refractivity contribution < 1.29 is 0 Å². The third kappa shape index (κ3) is 3.37. The molecule has 0 aliphatic carbocycles. The van der Waals surface area contributed by atoms with Gasteiger partial charge in [0.2, 0.25) is 0 Å². The minimum atomic E-state index is 0.455. The lowest BCUT2D eigenvalue weighted by Gasteiger charge is -2.15. The third-order valence-corrected chi connectivity index (χ3v) is 4.42. The Morgan fingerprint density at radius 1 is 0.815 bits per heavy atom. The lowest BCUT2D eigenvalue weighted by molar-refractivity contribution is 1.13. The molecular formula is C21H20N6. The van der Waals surface area contributed by atoms with Gasteiger partial charge in [-0.15, -0.1) is 0 Å². The van der Waals surface area contributed by atoms with Crippen molar-refractivity contribution in [1.82, 2.24) is 15.0 Å². The van der Waals surface area contributed by atoms with Crippen molar-refractivity contribution in [3.05, 3.63) is 72.7 Å². The maximum Gasteiger partial charge on any atom is 0.159 e. The molecule has 2 aromatic heterocycles. The number of para-hydroxylation sites is 2. The van der Waals surface area contributed by atoms with Crippen molar-refractivity contribution in [1.29, 1.82) is 0 Å². The van der Waals surface area contributed by atoms with Crippen LogP contribution in [0.2, 0.25) is 0 Å². The molecule has 2 heterocycles. The lowest BCUT2D eigenvalue weighted by atomic mass is 10.1. The van der Waals surface area contributed by atoms with Crippen molar-refractivity contribution in [3.63, 3.8) is 0 Å². The van der Waals surface area contributed by atoms with Crippen LogP contribution in [0.25, 0.3) is 10.9 Å². The SMILES string of the molecule is CCc1ccccc1Nc1ncnc(Nc2cccc3cccnc23)c1N. The first kappa shape index (κ1) is 16.8. The number of hydrogen-bond acceptors (Lipinski definition) is 6. The zero-order valence-electron chi connectivity index (χ0n) is 15.0. The number of rotatable bonds is 5. The molecule has 0 amide bonds. The summed E-state index contributed by atoms with van der Waals surface area (Å²) < 4.78 is 0. The van der Waals surface area contributed by atoms with Gasteiger partial charge in [-0.25, -0.2) is 9.97 Å². The Morgan fingerprint density at radius 3 is 2.33 bits per heavy atom. The van der Waals surface area contributed by atoms with E-state index in [4.69, 9.17) is 5.73 Å². The molecule has 27 heavy (non-hydrogen) atoms. The van der Waals surface area contributed by atoms with E-state index < -0.39 is 0 Å². The normalized spacial score (nSPS) is 10.7. The summed E-state index contributed by atoms with van der Waals surface area (Å²) in [6.07, 6.45) is 4.18. The minimum Gasteiger partial charge on any atom is -0.393 e. The number of pyridine rings is 1. The molecule has 0 atom stereocenters. The highest BCUT2D eigenvalue weighted by molar-refractivity contribution is 5.93. The van der Waals surface area contributed by atoms with Crippen molar-refractivity contribution in [2.45, 2.75) is 13.3 Å². The summed E-state index contributed by atoms with van der Waals surface area (Å²) in [5.41, 5.74) is 10.7. The number of nitrogens with one attached hydrogen (secondary N) is 2. The number of fused-ring (bicyclic) bond motifs is 1. The van der Waals surface area contributed by atoms with Gasteiger partial charge in [-0.1, -0.05) is 43.3 Å². The van der Waals surface area contributed by atoms with Crippen LogP contribution in [0.5, 0.6) is 0 Å². The average Bonchev–Trinajstić information content (AvgIpc) is 2.71. The number of nitrogens with two attached hydrogens (primary N) is 1. The highest BCUT2D eigenvalue weighted by Gasteiger charge is 2.11. The van der Waals surface area contributed by atoms with Gasteiger partial charge >= 0.3 is 0 Å². The van der Waals surface area contributed by atoms with Crippen LogP contribution in [0.4, 0.5) is 28.7 Å². The Labute approximate surface area is 157 Å². The number of anilines is 5. The molecule has 0 aliphatic heterocycles. The van der Waals surface area contributed by atoms with E-state index in [0.29, 0.717) is 17.3 Å². The largest absolute Gasteiger partial charge is 0.393 e. The summed E-state index contributed by atoms with van der Waals surface area (Å²) in [5, 5.41) is 7.66. The van der Waals surface area contributed by atoms with Gasteiger partial charge < -0.3 is 16.4 Å². The quantitative estimate of drug-likeness (QED) is 0.482. The molecule has 0 spiro atoms. The zero-order chi connectivity index (χ0) is 18.6. The molecule has 0 saturated carbocycles. The molecule has 6 heteroatoms. The molecule has 4 rings (SSSR count). The van der Waals surface area contributed by atoms with Crippen molar-refractivity contribution in [2.75, 3.05) is 16.4 Å². The molecule has 4 aromatic rings. The highest BCUT2D eigenvalue weighted by atomic mass is 15.1. The molecule has 2 aromatic carbocycles. The van der Waals surface area contributed by atoms with Crippen LogP contribution in [-0.4, -0.2) is 15.0 Å². The molecule has 4 N–H and O–H groups in total. The van der Waals surface area contributed by atoms with E-state index in [2.05, 4.69) is 38.6 Å². The van der Waals surface area contributed by atoms with E-state index >= 15 is 0 Å². The molecule has 0 fully saturated rings.